The summed E-state index contributed by atoms with van der Waals surface area (Å²) in [5, 5.41) is 0. The molecule has 16 heavy (non-hydrogen) atoms. The topological polar surface area (TPSA) is 26.3 Å². The van der Waals surface area contributed by atoms with Crippen molar-refractivity contribution < 1.29 is 8.98 Å². The first-order valence-electron chi connectivity index (χ1n) is 4.83. The molecule has 0 aromatic heterocycles. The molecule has 0 radical (unpaired) electrons. The second kappa shape index (κ2) is 4.86. The maximum absolute atomic E-state index is 12.1. The van der Waals surface area contributed by atoms with Gasteiger partial charge in [-0.05, 0) is 12.1 Å². The van der Waals surface area contributed by atoms with E-state index in [9.17, 15) is 4.79 Å². The van der Waals surface area contributed by atoms with Crippen LogP contribution in [-0.4, -0.2) is 5.78 Å². The SMILES string of the molecule is O=C(c1ccccc1)c1ccccc1OS. The van der Waals surface area contributed by atoms with E-state index in [1.165, 1.54) is 0 Å². The van der Waals surface area contributed by atoms with Crippen LogP contribution in [0.4, 0.5) is 0 Å². The largest absolute Gasteiger partial charge is 0.428 e. The van der Waals surface area contributed by atoms with Gasteiger partial charge in [0.1, 0.15) is 5.75 Å². The lowest BCUT2D eigenvalue weighted by Crippen LogP contribution is -2.02. The molecule has 0 spiro atoms. The van der Waals surface area contributed by atoms with Crippen molar-refractivity contribution in [3.63, 3.8) is 0 Å². The predicted octanol–water partition coefficient (Wildman–Crippen LogP) is 3.14. The second-order valence-corrected chi connectivity index (χ2v) is 3.47. The predicted molar refractivity (Wildman–Crippen MR) is 65.9 cm³/mol. The first-order valence-corrected chi connectivity index (χ1v) is 5.19. The van der Waals surface area contributed by atoms with Crippen molar-refractivity contribution in [2.75, 3.05) is 0 Å². The average Bonchev–Trinajstić information content (AvgIpc) is 2.39. The number of hydrogen-bond donors (Lipinski definition) is 1. The first kappa shape index (κ1) is 10.8. The molecule has 0 atom stereocenters. The molecule has 0 saturated carbocycles. The molecule has 0 saturated heterocycles. The van der Waals surface area contributed by atoms with E-state index >= 15 is 0 Å². The Morgan fingerprint density at radius 2 is 1.56 bits per heavy atom. The van der Waals surface area contributed by atoms with Crippen molar-refractivity contribution in [2.45, 2.75) is 0 Å². The number of ketones is 1. The summed E-state index contributed by atoms with van der Waals surface area (Å²) in [5.74, 6) is 0.407. The lowest BCUT2D eigenvalue weighted by atomic mass is 10.0. The number of rotatable bonds is 3. The van der Waals surface area contributed by atoms with E-state index < -0.39 is 0 Å². The number of carbonyl (C=O) groups is 1. The van der Waals surface area contributed by atoms with Gasteiger partial charge in [0, 0.05) is 18.5 Å². The van der Waals surface area contributed by atoms with Crippen LogP contribution in [0.25, 0.3) is 0 Å². The highest BCUT2D eigenvalue weighted by atomic mass is 32.1. The molecule has 0 N–H and O–H groups in total. The Balaban J connectivity index is 2.42. The van der Waals surface area contributed by atoms with Gasteiger partial charge in [-0.2, -0.15) is 0 Å². The summed E-state index contributed by atoms with van der Waals surface area (Å²) in [4.78, 5) is 12.1. The van der Waals surface area contributed by atoms with E-state index in [1.807, 2.05) is 18.2 Å². The van der Waals surface area contributed by atoms with Crippen LogP contribution in [0.15, 0.2) is 54.6 Å². The third-order valence-corrected chi connectivity index (χ3v) is 2.46. The van der Waals surface area contributed by atoms with E-state index in [1.54, 1.807) is 36.4 Å². The van der Waals surface area contributed by atoms with Crippen molar-refractivity contribution in [1.82, 2.24) is 0 Å². The van der Waals surface area contributed by atoms with E-state index in [0.717, 1.165) is 0 Å². The fourth-order valence-electron chi connectivity index (χ4n) is 1.48. The van der Waals surface area contributed by atoms with Gasteiger partial charge in [-0.15, -0.1) is 0 Å². The molecule has 0 aliphatic rings. The third-order valence-electron chi connectivity index (χ3n) is 2.27. The summed E-state index contributed by atoms with van der Waals surface area (Å²) >= 11 is 3.73. The molecule has 0 aliphatic heterocycles. The number of carbonyl (C=O) groups excluding carboxylic acids is 1. The van der Waals surface area contributed by atoms with Crippen molar-refractivity contribution in [1.29, 1.82) is 0 Å². The van der Waals surface area contributed by atoms with Gasteiger partial charge in [0.25, 0.3) is 0 Å². The van der Waals surface area contributed by atoms with Gasteiger partial charge in [-0.1, -0.05) is 42.5 Å². The van der Waals surface area contributed by atoms with Crippen LogP contribution < -0.4 is 4.18 Å². The van der Waals surface area contributed by atoms with Crippen molar-refractivity contribution in [3.05, 3.63) is 65.7 Å². The zero-order valence-electron chi connectivity index (χ0n) is 8.46. The Kier molecular flexibility index (Phi) is 3.27. The molecule has 0 bridgehead atoms. The standard InChI is InChI=1S/C13H10O2S/c14-13(10-6-2-1-3-7-10)11-8-4-5-9-12(11)15-16/h1-9,16H. The number of benzene rings is 2. The Labute approximate surface area is 99.5 Å². The Morgan fingerprint density at radius 3 is 2.25 bits per heavy atom. The van der Waals surface area contributed by atoms with Crippen LogP contribution >= 0.6 is 12.9 Å². The van der Waals surface area contributed by atoms with Gasteiger partial charge in [-0.3, -0.25) is 4.79 Å². The van der Waals surface area contributed by atoms with Crippen LogP contribution in [0.3, 0.4) is 0 Å². The van der Waals surface area contributed by atoms with Gasteiger partial charge in [0.15, 0.2) is 5.78 Å². The van der Waals surface area contributed by atoms with Crippen LogP contribution in [0.1, 0.15) is 15.9 Å². The minimum atomic E-state index is -0.0646. The zero-order valence-corrected chi connectivity index (χ0v) is 9.35. The maximum atomic E-state index is 12.1. The molecule has 0 aliphatic carbocycles. The van der Waals surface area contributed by atoms with Gasteiger partial charge in [-0.25, -0.2) is 0 Å². The third kappa shape index (κ3) is 2.09. The Hall–Kier alpha value is -1.74. The molecule has 0 heterocycles. The summed E-state index contributed by atoms with van der Waals surface area (Å²) in [6.45, 7) is 0. The van der Waals surface area contributed by atoms with Crippen molar-refractivity contribution >= 4 is 18.7 Å². The van der Waals surface area contributed by atoms with Crippen molar-refractivity contribution in [2.24, 2.45) is 0 Å². The van der Waals surface area contributed by atoms with E-state index in [2.05, 4.69) is 12.9 Å². The normalized spacial score (nSPS) is 9.81. The van der Waals surface area contributed by atoms with E-state index in [0.29, 0.717) is 16.9 Å². The molecular formula is C13H10O2S. The highest BCUT2D eigenvalue weighted by Gasteiger charge is 2.13. The summed E-state index contributed by atoms with van der Waals surface area (Å²) in [5.41, 5.74) is 1.16. The second-order valence-electron chi connectivity index (χ2n) is 3.28. The minimum absolute atomic E-state index is 0.0646. The molecule has 2 aromatic rings. The van der Waals surface area contributed by atoms with Gasteiger partial charge >= 0.3 is 0 Å². The summed E-state index contributed by atoms with van der Waals surface area (Å²) in [7, 11) is 0. The highest BCUT2D eigenvalue weighted by molar-refractivity contribution is 7.75. The van der Waals surface area contributed by atoms with Gasteiger partial charge in [0.05, 0.1) is 5.56 Å². The zero-order chi connectivity index (χ0) is 11.4. The van der Waals surface area contributed by atoms with E-state index in [-0.39, 0.29) is 5.78 Å². The molecule has 80 valence electrons. The lowest BCUT2D eigenvalue weighted by Gasteiger charge is -2.05. The van der Waals surface area contributed by atoms with Crippen LogP contribution in [-0.2, 0) is 0 Å². The molecule has 0 fully saturated rings. The van der Waals surface area contributed by atoms with Crippen LogP contribution in [0, 0.1) is 0 Å². The van der Waals surface area contributed by atoms with Gasteiger partial charge in [0.2, 0.25) is 0 Å². The minimum Gasteiger partial charge on any atom is -0.428 e. The highest BCUT2D eigenvalue weighted by Crippen LogP contribution is 2.22. The molecule has 2 aromatic carbocycles. The molecule has 3 heteroatoms. The van der Waals surface area contributed by atoms with Crippen molar-refractivity contribution in [3.8, 4) is 5.75 Å². The van der Waals surface area contributed by atoms with Crippen LogP contribution in [0.2, 0.25) is 0 Å². The quantitative estimate of drug-likeness (QED) is 0.498. The summed E-state index contributed by atoms with van der Waals surface area (Å²) < 4.78 is 4.86. The molecular weight excluding hydrogens is 220 g/mol. The lowest BCUT2D eigenvalue weighted by molar-refractivity contribution is 0.103. The maximum Gasteiger partial charge on any atom is 0.196 e. The monoisotopic (exact) mass is 230 g/mol. The van der Waals surface area contributed by atoms with Gasteiger partial charge < -0.3 is 4.18 Å². The smallest absolute Gasteiger partial charge is 0.196 e. The summed E-state index contributed by atoms with van der Waals surface area (Å²) in [6.07, 6.45) is 0. The first-order chi connectivity index (χ1) is 7.83. The number of hydrogen-bond acceptors (Lipinski definition) is 3. The van der Waals surface area contributed by atoms with E-state index in [4.69, 9.17) is 4.18 Å². The Bertz CT molecular complexity index is 494. The average molecular weight is 230 g/mol. The fraction of sp³-hybridized carbons (Fsp3) is 0. The Morgan fingerprint density at radius 1 is 0.938 bits per heavy atom. The fourth-order valence-corrected chi connectivity index (χ4v) is 1.64. The molecule has 2 rings (SSSR count). The summed E-state index contributed by atoms with van der Waals surface area (Å²) in [6, 6.07) is 16.1. The van der Waals surface area contributed by atoms with Crippen LogP contribution in [0.5, 0.6) is 5.75 Å². The molecule has 0 amide bonds. The molecule has 2 nitrogen and oxygen atoms in total. The number of thiol groups is 1. The molecule has 0 unspecified atom stereocenters. The number of para-hydroxylation sites is 1.